The topological polar surface area (TPSA) is 110 Å². The van der Waals surface area contributed by atoms with Gasteiger partial charge in [-0.15, -0.1) is 5.10 Å². The summed E-state index contributed by atoms with van der Waals surface area (Å²) in [7, 11) is 3.25. The molecule has 3 heterocycles. The first-order chi connectivity index (χ1) is 15.4. The molecule has 0 N–H and O–H groups in total. The molecule has 0 spiro atoms. The molecule has 1 aliphatic rings. The minimum Gasteiger partial charge on any atom is -0.343 e. The standard InChI is InChI=1S/C21H24FN7O3/c1-27(2)21(31)17-13-28(26-24-17)12-16-10-15(22)11-29(16)19(30)9-8-18-23-20(25-32-18)14-6-4-3-5-7-14/h3-7,13,15-16H,8-12H2,1-2H3/t15-,16-/m0/s1. The lowest BCUT2D eigenvalue weighted by atomic mass is 10.2. The zero-order valence-electron chi connectivity index (χ0n) is 17.9. The van der Waals surface area contributed by atoms with E-state index in [9.17, 15) is 14.0 Å². The van der Waals surface area contributed by atoms with E-state index in [4.69, 9.17) is 4.52 Å². The molecular formula is C21H24FN7O3. The molecule has 3 aromatic rings. The number of hydrogen-bond acceptors (Lipinski definition) is 7. The smallest absolute Gasteiger partial charge is 0.275 e. The Morgan fingerprint density at radius 3 is 2.78 bits per heavy atom. The van der Waals surface area contributed by atoms with E-state index in [1.165, 1.54) is 20.7 Å². The van der Waals surface area contributed by atoms with Crippen molar-refractivity contribution in [2.45, 2.75) is 38.0 Å². The van der Waals surface area contributed by atoms with Crippen molar-refractivity contribution < 1.29 is 18.5 Å². The second-order valence-electron chi connectivity index (χ2n) is 7.94. The van der Waals surface area contributed by atoms with Crippen LogP contribution in [0.25, 0.3) is 11.4 Å². The lowest BCUT2D eigenvalue weighted by molar-refractivity contribution is -0.132. The van der Waals surface area contributed by atoms with E-state index in [0.717, 1.165) is 5.56 Å². The van der Waals surface area contributed by atoms with E-state index in [0.29, 0.717) is 11.7 Å². The molecule has 2 amide bonds. The molecule has 0 aliphatic carbocycles. The van der Waals surface area contributed by atoms with Gasteiger partial charge in [0.1, 0.15) is 6.17 Å². The Labute approximate surface area is 184 Å². The lowest BCUT2D eigenvalue weighted by Gasteiger charge is -2.24. The number of halogens is 1. The van der Waals surface area contributed by atoms with E-state index in [1.807, 2.05) is 30.3 Å². The van der Waals surface area contributed by atoms with Gasteiger partial charge in [0.15, 0.2) is 5.69 Å². The van der Waals surface area contributed by atoms with Crippen molar-refractivity contribution in [1.82, 2.24) is 34.9 Å². The molecule has 0 radical (unpaired) electrons. The maximum atomic E-state index is 14.1. The molecule has 0 saturated carbocycles. The first-order valence-electron chi connectivity index (χ1n) is 10.3. The van der Waals surface area contributed by atoms with E-state index in [1.54, 1.807) is 14.1 Å². The monoisotopic (exact) mass is 441 g/mol. The summed E-state index contributed by atoms with van der Waals surface area (Å²) in [6, 6.07) is 9.03. The van der Waals surface area contributed by atoms with Crippen molar-refractivity contribution in [2.24, 2.45) is 0 Å². The number of carbonyl (C=O) groups is 2. The third-order valence-corrected chi connectivity index (χ3v) is 5.30. The number of amides is 2. The van der Waals surface area contributed by atoms with Gasteiger partial charge in [-0.05, 0) is 0 Å². The van der Waals surface area contributed by atoms with Crippen LogP contribution >= 0.6 is 0 Å². The zero-order valence-corrected chi connectivity index (χ0v) is 17.9. The Morgan fingerprint density at radius 2 is 2.03 bits per heavy atom. The van der Waals surface area contributed by atoms with E-state index in [-0.39, 0.29) is 55.9 Å². The molecule has 2 atom stereocenters. The molecule has 1 aromatic carbocycles. The van der Waals surface area contributed by atoms with Crippen LogP contribution in [0, 0.1) is 0 Å². The number of rotatable bonds is 7. The zero-order chi connectivity index (χ0) is 22.7. The Kier molecular flexibility index (Phi) is 6.24. The van der Waals surface area contributed by atoms with Crippen LogP contribution in [0.4, 0.5) is 4.39 Å². The fourth-order valence-electron chi connectivity index (χ4n) is 3.69. The van der Waals surface area contributed by atoms with Crippen LogP contribution in [0.1, 0.15) is 29.2 Å². The van der Waals surface area contributed by atoms with Crippen molar-refractivity contribution in [3.8, 4) is 11.4 Å². The number of nitrogens with zero attached hydrogens (tertiary/aromatic N) is 7. The van der Waals surface area contributed by atoms with Crippen molar-refractivity contribution in [3.05, 3.63) is 48.1 Å². The molecule has 10 nitrogen and oxygen atoms in total. The summed E-state index contributed by atoms with van der Waals surface area (Å²) in [4.78, 5) is 32.1. The summed E-state index contributed by atoms with van der Waals surface area (Å²) in [6.07, 6.45) is 1.01. The molecule has 168 valence electrons. The summed E-state index contributed by atoms with van der Waals surface area (Å²) in [5, 5.41) is 11.8. The molecule has 0 unspecified atom stereocenters. The van der Waals surface area contributed by atoms with Gasteiger partial charge in [-0.2, -0.15) is 4.98 Å². The van der Waals surface area contributed by atoms with Crippen LogP contribution in [0.3, 0.4) is 0 Å². The highest BCUT2D eigenvalue weighted by Crippen LogP contribution is 2.23. The van der Waals surface area contributed by atoms with Gasteiger partial charge in [0.25, 0.3) is 5.91 Å². The van der Waals surface area contributed by atoms with Gasteiger partial charge in [-0.25, -0.2) is 9.07 Å². The highest BCUT2D eigenvalue weighted by atomic mass is 19.1. The largest absolute Gasteiger partial charge is 0.343 e. The second-order valence-corrected chi connectivity index (χ2v) is 7.94. The fraction of sp³-hybridized carbons (Fsp3) is 0.429. The summed E-state index contributed by atoms with van der Waals surface area (Å²) >= 11 is 0. The molecule has 1 fully saturated rings. The third kappa shape index (κ3) is 4.82. The van der Waals surface area contributed by atoms with Gasteiger partial charge >= 0.3 is 0 Å². The molecular weight excluding hydrogens is 417 g/mol. The molecule has 0 bridgehead atoms. The summed E-state index contributed by atoms with van der Waals surface area (Å²) in [5.41, 5.74) is 1.03. The van der Waals surface area contributed by atoms with Crippen molar-refractivity contribution in [1.29, 1.82) is 0 Å². The fourth-order valence-corrected chi connectivity index (χ4v) is 3.69. The summed E-state index contributed by atoms with van der Waals surface area (Å²) in [6.45, 7) is 0.291. The van der Waals surface area contributed by atoms with Crippen LogP contribution in [0.2, 0.25) is 0 Å². The molecule has 1 saturated heterocycles. The highest BCUT2D eigenvalue weighted by molar-refractivity contribution is 5.91. The van der Waals surface area contributed by atoms with Gasteiger partial charge in [0, 0.05) is 38.9 Å². The maximum absolute atomic E-state index is 14.1. The first kappa shape index (κ1) is 21.6. The average molecular weight is 441 g/mol. The molecule has 11 heteroatoms. The van der Waals surface area contributed by atoms with Crippen LogP contribution in [0.5, 0.6) is 0 Å². The first-order valence-corrected chi connectivity index (χ1v) is 10.3. The van der Waals surface area contributed by atoms with Crippen LogP contribution in [-0.2, 0) is 17.8 Å². The predicted octanol–water partition coefficient (Wildman–Crippen LogP) is 1.60. The lowest BCUT2D eigenvalue weighted by Crippen LogP contribution is -2.38. The average Bonchev–Trinajstić information content (AvgIpc) is 3.52. The van der Waals surface area contributed by atoms with Crippen molar-refractivity contribution >= 4 is 11.8 Å². The summed E-state index contributed by atoms with van der Waals surface area (Å²) in [5.74, 6) is 0.353. The number of alkyl halides is 1. The number of aromatic nitrogens is 5. The van der Waals surface area contributed by atoms with Crippen molar-refractivity contribution in [2.75, 3.05) is 20.6 Å². The molecule has 2 aromatic heterocycles. The van der Waals surface area contributed by atoms with Gasteiger partial charge in [0.05, 0.1) is 25.3 Å². The number of benzene rings is 1. The van der Waals surface area contributed by atoms with E-state index in [2.05, 4.69) is 20.5 Å². The SMILES string of the molecule is CN(C)C(=O)c1cn(C[C@@H]2C[C@H](F)CN2C(=O)CCc2nc(-c3ccccc3)no2)nn1. The van der Waals surface area contributed by atoms with E-state index >= 15 is 0 Å². The van der Waals surface area contributed by atoms with Gasteiger partial charge in [-0.1, -0.05) is 40.7 Å². The number of aryl methyl sites for hydroxylation is 1. The Balaban J connectivity index is 1.36. The van der Waals surface area contributed by atoms with Crippen LogP contribution < -0.4 is 0 Å². The Hall–Kier alpha value is -3.63. The normalized spacial score (nSPS) is 18.2. The van der Waals surface area contributed by atoms with Crippen LogP contribution in [-0.4, -0.2) is 79.6 Å². The third-order valence-electron chi connectivity index (χ3n) is 5.30. The minimum absolute atomic E-state index is 0.0286. The maximum Gasteiger partial charge on any atom is 0.275 e. The predicted molar refractivity (Wildman–Crippen MR) is 111 cm³/mol. The van der Waals surface area contributed by atoms with E-state index < -0.39 is 6.17 Å². The Bertz CT molecular complexity index is 1080. The molecule has 4 rings (SSSR count). The molecule has 1 aliphatic heterocycles. The van der Waals surface area contributed by atoms with Gasteiger partial charge < -0.3 is 14.3 Å². The Morgan fingerprint density at radius 1 is 1.25 bits per heavy atom. The number of carbonyl (C=O) groups excluding carboxylic acids is 2. The van der Waals surface area contributed by atoms with Crippen LogP contribution in [0.15, 0.2) is 41.1 Å². The second kappa shape index (κ2) is 9.25. The van der Waals surface area contributed by atoms with Crippen molar-refractivity contribution in [3.63, 3.8) is 0 Å². The quantitative estimate of drug-likeness (QED) is 0.548. The number of hydrogen-bond donors (Lipinski definition) is 0. The molecule has 32 heavy (non-hydrogen) atoms. The minimum atomic E-state index is -1.11. The van der Waals surface area contributed by atoms with Gasteiger partial charge in [-0.3, -0.25) is 9.59 Å². The summed E-state index contributed by atoms with van der Waals surface area (Å²) < 4.78 is 20.9. The highest BCUT2D eigenvalue weighted by Gasteiger charge is 2.35. The van der Waals surface area contributed by atoms with Gasteiger partial charge in [0.2, 0.25) is 17.6 Å². The number of likely N-dealkylation sites (tertiary alicyclic amines) is 1.